The monoisotopic (exact) mass is 456 g/mol. The second-order valence-electron chi connectivity index (χ2n) is 7.79. The second kappa shape index (κ2) is 9.76. The normalized spacial score (nSPS) is 23.8. The van der Waals surface area contributed by atoms with Crippen molar-refractivity contribution in [1.29, 1.82) is 0 Å². The average Bonchev–Trinajstić information content (AvgIpc) is 2.98. The standard InChI is InChI=1S/C20H32N4.HI/c1-15-11-16(2)14-24(13-15)10-4-9-22-20(21)23-19-8-7-17-5-3-6-18(17)12-19;/h7-8,12,15-16H,3-6,9-11,13-14H2,1-2H3,(H3,21,22,23);1H. The molecule has 3 rings (SSSR count). The first kappa shape index (κ1) is 20.5. The van der Waals surface area contributed by atoms with Gasteiger partial charge in [-0.25, -0.2) is 0 Å². The van der Waals surface area contributed by atoms with Gasteiger partial charge in [0.05, 0.1) is 0 Å². The number of piperidine rings is 1. The summed E-state index contributed by atoms with van der Waals surface area (Å²) >= 11 is 0. The molecule has 2 unspecified atom stereocenters. The van der Waals surface area contributed by atoms with Crippen molar-refractivity contribution in [1.82, 2.24) is 4.90 Å². The molecular formula is C20H33IN4. The lowest BCUT2D eigenvalue weighted by atomic mass is 9.92. The first-order chi connectivity index (χ1) is 11.6. The van der Waals surface area contributed by atoms with Crippen LogP contribution in [0.15, 0.2) is 23.2 Å². The molecule has 3 N–H and O–H groups in total. The molecule has 2 atom stereocenters. The number of aliphatic imine (C=N–C) groups is 1. The van der Waals surface area contributed by atoms with Gasteiger partial charge in [0.1, 0.15) is 0 Å². The summed E-state index contributed by atoms with van der Waals surface area (Å²) in [6.45, 7) is 9.11. The molecule has 0 amide bonds. The van der Waals surface area contributed by atoms with Crippen molar-refractivity contribution in [2.75, 3.05) is 31.5 Å². The number of hydrogen-bond acceptors (Lipinski definition) is 2. The van der Waals surface area contributed by atoms with Crippen molar-refractivity contribution in [2.45, 2.75) is 46.0 Å². The van der Waals surface area contributed by atoms with Gasteiger partial charge >= 0.3 is 0 Å². The third kappa shape index (κ3) is 6.13. The molecule has 0 saturated carbocycles. The van der Waals surface area contributed by atoms with E-state index in [1.54, 1.807) is 0 Å². The van der Waals surface area contributed by atoms with Crippen LogP contribution >= 0.6 is 24.0 Å². The number of guanidine groups is 1. The Morgan fingerprint density at radius 2 is 1.92 bits per heavy atom. The van der Waals surface area contributed by atoms with Crippen molar-refractivity contribution < 1.29 is 0 Å². The lowest BCUT2D eigenvalue weighted by molar-refractivity contribution is 0.140. The van der Waals surface area contributed by atoms with Crippen LogP contribution in [0, 0.1) is 11.8 Å². The van der Waals surface area contributed by atoms with Crippen molar-refractivity contribution in [3.8, 4) is 0 Å². The molecule has 4 nitrogen and oxygen atoms in total. The van der Waals surface area contributed by atoms with Gasteiger partial charge in [-0.15, -0.1) is 24.0 Å². The van der Waals surface area contributed by atoms with Crippen LogP contribution in [0.25, 0.3) is 0 Å². The van der Waals surface area contributed by atoms with E-state index in [1.165, 1.54) is 49.9 Å². The van der Waals surface area contributed by atoms with Crippen molar-refractivity contribution in [2.24, 2.45) is 22.6 Å². The number of nitrogens with two attached hydrogens (primary N) is 1. The Morgan fingerprint density at radius 3 is 2.68 bits per heavy atom. The van der Waals surface area contributed by atoms with Gasteiger partial charge < -0.3 is 16.0 Å². The number of anilines is 1. The molecule has 1 heterocycles. The summed E-state index contributed by atoms with van der Waals surface area (Å²) in [6.07, 6.45) is 6.12. The molecule has 1 saturated heterocycles. The number of aryl methyl sites for hydroxylation is 2. The third-order valence-electron chi connectivity index (χ3n) is 5.23. The van der Waals surface area contributed by atoms with Crippen LogP contribution in [-0.4, -0.2) is 37.0 Å². The van der Waals surface area contributed by atoms with Crippen LogP contribution < -0.4 is 11.1 Å². The van der Waals surface area contributed by atoms with Gasteiger partial charge in [-0.3, -0.25) is 4.99 Å². The minimum atomic E-state index is 0. The first-order valence-corrected chi connectivity index (χ1v) is 9.51. The minimum absolute atomic E-state index is 0. The maximum Gasteiger partial charge on any atom is 0.193 e. The number of benzene rings is 1. The number of rotatable bonds is 5. The zero-order valence-electron chi connectivity index (χ0n) is 15.6. The fourth-order valence-corrected chi connectivity index (χ4v) is 4.31. The van der Waals surface area contributed by atoms with E-state index in [4.69, 9.17) is 5.73 Å². The number of hydrogen-bond donors (Lipinski definition) is 2. The van der Waals surface area contributed by atoms with Gasteiger partial charge in [0.25, 0.3) is 0 Å². The van der Waals surface area contributed by atoms with Crippen LogP contribution in [0.1, 0.15) is 44.2 Å². The van der Waals surface area contributed by atoms with E-state index in [9.17, 15) is 0 Å². The SMILES string of the molecule is CC1CC(C)CN(CCCN=C(N)Nc2ccc3c(c2)CCC3)C1.I. The summed E-state index contributed by atoms with van der Waals surface area (Å²) in [5.41, 5.74) is 10.1. The van der Waals surface area contributed by atoms with E-state index >= 15 is 0 Å². The number of likely N-dealkylation sites (tertiary alicyclic amines) is 1. The number of fused-ring (bicyclic) bond motifs is 1. The summed E-state index contributed by atoms with van der Waals surface area (Å²) in [5, 5.41) is 3.24. The van der Waals surface area contributed by atoms with E-state index in [1.807, 2.05) is 0 Å². The van der Waals surface area contributed by atoms with Gasteiger partial charge in [0.2, 0.25) is 0 Å². The molecule has 1 aliphatic heterocycles. The van der Waals surface area contributed by atoms with Gasteiger partial charge in [0, 0.05) is 25.3 Å². The predicted octanol–water partition coefficient (Wildman–Crippen LogP) is 3.89. The summed E-state index contributed by atoms with van der Waals surface area (Å²) in [4.78, 5) is 7.07. The van der Waals surface area contributed by atoms with Crippen molar-refractivity contribution >= 4 is 35.6 Å². The van der Waals surface area contributed by atoms with E-state index in [2.05, 4.69) is 47.3 Å². The largest absolute Gasteiger partial charge is 0.370 e. The molecule has 2 aliphatic rings. The zero-order valence-corrected chi connectivity index (χ0v) is 18.0. The zero-order chi connectivity index (χ0) is 16.9. The molecule has 1 fully saturated rings. The minimum Gasteiger partial charge on any atom is -0.370 e. The van der Waals surface area contributed by atoms with E-state index < -0.39 is 0 Å². The molecule has 25 heavy (non-hydrogen) atoms. The molecule has 1 aromatic rings. The van der Waals surface area contributed by atoms with E-state index in [-0.39, 0.29) is 24.0 Å². The lowest BCUT2D eigenvalue weighted by Gasteiger charge is -2.34. The van der Waals surface area contributed by atoms with Gasteiger partial charge in [-0.05, 0) is 73.7 Å². The highest BCUT2D eigenvalue weighted by Crippen LogP contribution is 2.24. The molecular weight excluding hydrogens is 423 g/mol. The molecule has 1 aromatic carbocycles. The highest BCUT2D eigenvalue weighted by atomic mass is 127. The van der Waals surface area contributed by atoms with Crippen molar-refractivity contribution in [3.05, 3.63) is 29.3 Å². The highest BCUT2D eigenvalue weighted by molar-refractivity contribution is 14.0. The topological polar surface area (TPSA) is 53.6 Å². The Labute approximate surface area is 169 Å². The summed E-state index contributed by atoms with van der Waals surface area (Å²) < 4.78 is 0. The smallest absolute Gasteiger partial charge is 0.193 e. The Kier molecular flexibility index (Phi) is 8.00. The van der Waals surface area contributed by atoms with Crippen LogP contribution in [0.2, 0.25) is 0 Å². The van der Waals surface area contributed by atoms with Gasteiger partial charge in [-0.1, -0.05) is 19.9 Å². The molecule has 5 heteroatoms. The Balaban J connectivity index is 0.00000225. The molecule has 0 spiro atoms. The third-order valence-corrected chi connectivity index (χ3v) is 5.23. The number of halogens is 1. The average molecular weight is 456 g/mol. The maximum atomic E-state index is 6.04. The summed E-state index contributed by atoms with van der Waals surface area (Å²) in [5.74, 6) is 2.18. The fraction of sp³-hybridized carbons (Fsp3) is 0.650. The predicted molar refractivity (Wildman–Crippen MR) is 118 cm³/mol. The van der Waals surface area contributed by atoms with Crippen LogP contribution in [-0.2, 0) is 12.8 Å². The molecule has 1 aliphatic carbocycles. The van der Waals surface area contributed by atoms with Crippen molar-refractivity contribution in [3.63, 3.8) is 0 Å². The highest BCUT2D eigenvalue weighted by Gasteiger charge is 2.20. The Hall–Kier alpha value is -0.820. The molecule has 140 valence electrons. The summed E-state index contributed by atoms with van der Waals surface area (Å²) in [6, 6.07) is 6.56. The van der Waals surface area contributed by atoms with Gasteiger partial charge in [0.15, 0.2) is 5.96 Å². The number of nitrogens with one attached hydrogen (secondary N) is 1. The van der Waals surface area contributed by atoms with Crippen LogP contribution in [0.5, 0.6) is 0 Å². The quantitative estimate of drug-likeness (QED) is 0.306. The Bertz CT molecular complexity index is 577. The first-order valence-electron chi connectivity index (χ1n) is 9.51. The number of nitrogens with zero attached hydrogens (tertiary/aromatic N) is 2. The molecule has 0 aromatic heterocycles. The molecule has 0 bridgehead atoms. The lowest BCUT2D eigenvalue weighted by Crippen LogP contribution is -2.39. The van der Waals surface area contributed by atoms with E-state index in [0.717, 1.165) is 37.0 Å². The van der Waals surface area contributed by atoms with Gasteiger partial charge in [-0.2, -0.15) is 0 Å². The van der Waals surface area contributed by atoms with Crippen LogP contribution in [0.3, 0.4) is 0 Å². The van der Waals surface area contributed by atoms with Crippen LogP contribution in [0.4, 0.5) is 5.69 Å². The molecule has 0 radical (unpaired) electrons. The van der Waals surface area contributed by atoms with E-state index in [0.29, 0.717) is 5.96 Å². The fourth-order valence-electron chi connectivity index (χ4n) is 4.31. The summed E-state index contributed by atoms with van der Waals surface area (Å²) in [7, 11) is 0. The Morgan fingerprint density at radius 1 is 1.20 bits per heavy atom. The second-order valence-corrected chi connectivity index (χ2v) is 7.79. The maximum absolute atomic E-state index is 6.04.